The van der Waals surface area contributed by atoms with Crippen LogP contribution in [0.2, 0.25) is 15.1 Å². The minimum atomic E-state index is -0.434. The Morgan fingerprint density at radius 1 is 1.14 bits per heavy atom. The number of halogens is 4. The summed E-state index contributed by atoms with van der Waals surface area (Å²) in [5.74, 6) is -0.0827. The van der Waals surface area contributed by atoms with Gasteiger partial charge < -0.3 is 5.32 Å². The molecule has 0 bridgehead atoms. The van der Waals surface area contributed by atoms with Crippen molar-refractivity contribution >= 4 is 63.3 Å². The van der Waals surface area contributed by atoms with Crippen LogP contribution in [0, 0.1) is 6.92 Å². The highest BCUT2D eigenvalue weighted by molar-refractivity contribution is 14.1. The van der Waals surface area contributed by atoms with Crippen molar-refractivity contribution < 1.29 is 4.79 Å². The van der Waals surface area contributed by atoms with Gasteiger partial charge in [-0.3, -0.25) is 4.79 Å². The van der Waals surface area contributed by atoms with E-state index in [1.807, 2.05) is 44.2 Å². The number of nitrogens with one attached hydrogen (secondary N) is 1. The Labute approximate surface area is 192 Å². The molecule has 0 aliphatic heterocycles. The van der Waals surface area contributed by atoms with E-state index in [1.54, 1.807) is 16.8 Å². The Hall–Kier alpha value is -1.28. The predicted molar refractivity (Wildman–Crippen MR) is 124 cm³/mol. The molecule has 0 radical (unpaired) electrons. The molecule has 0 aliphatic rings. The van der Waals surface area contributed by atoms with Crippen molar-refractivity contribution in [1.82, 2.24) is 15.1 Å². The Balaban J connectivity index is 2.23. The van der Waals surface area contributed by atoms with Crippen LogP contribution in [0.4, 0.5) is 0 Å². The molecule has 0 fully saturated rings. The summed E-state index contributed by atoms with van der Waals surface area (Å²) in [7, 11) is 0. The van der Waals surface area contributed by atoms with E-state index >= 15 is 0 Å². The van der Waals surface area contributed by atoms with Gasteiger partial charge in [-0.25, -0.2) is 4.68 Å². The van der Waals surface area contributed by atoms with Crippen molar-refractivity contribution in [2.24, 2.45) is 0 Å². The monoisotopic (exact) mass is 547 g/mol. The number of hydrogen-bond acceptors (Lipinski definition) is 2. The quantitative estimate of drug-likeness (QED) is 0.296. The number of carbonyl (C=O) groups excluding carboxylic acids is 1. The molecule has 3 rings (SSSR count). The summed E-state index contributed by atoms with van der Waals surface area (Å²) in [6.07, 6.45) is 0. The molecular formula is C20H17Cl3IN3O. The molecular weight excluding hydrogens is 532 g/mol. The average molecular weight is 549 g/mol. The highest BCUT2D eigenvalue weighted by atomic mass is 127. The number of rotatable bonds is 5. The van der Waals surface area contributed by atoms with Gasteiger partial charge in [-0.15, -0.1) is 0 Å². The smallest absolute Gasteiger partial charge is 0.239 e. The van der Waals surface area contributed by atoms with Crippen molar-refractivity contribution in [1.29, 1.82) is 0 Å². The van der Waals surface area contributed by atoms with Gasteiger partial charge >= 0.3 is 0 Å². The Morgan fingerprint density at radius 3 is 2.39 bits per heavy atom. The van der Waals surface area contributed by atoms with Gasteiger partial charge in [-0.05, 0) is 44.2 Å². The molecule has 146 valence electrons. The standard InChI is InChI=1S/C20H17Cl3IN3O/c1-3-25-20(28)17(24)18-11(2)19(12-4-6-13(21)7-5-12)27(26-18)16-9-8-14(22)10-15(16)23/h4-10,17H,3H2,1-2H3,(H,25,28). The van der Waals surface area contributed by atoms with Crippen molar-refractivity contribution in [3.63, 3.8) is 0 Å². The first-order valence-corrected chi connectivity index (χ1v) is 10.9. The molecule has 0 saturated heterocycles. The maximum atomic E-state index is 12.4. The lowest BCUT2D eigenvalue weighted by Crippen LogP contribution is -2.26. The summed E-state index contributed by atoms with van der Waals surface area (Å²) in [5, 5.41) is 9.27. The fourth-order valence-electron chi connectivity index (χ4n) is 2.92. The first kappa shape index (κ1) is 21.4. The van der Waals surface area contributed by atoms with Crippen LogP contribution in [0.3, 0.4) is 0 Å². The number of amides is 1. The van der Waals surface area contributed by atoms with E-state index in [0.717, 1.165) is 16.8 Å². The molecule has 28 heavy (non-hydrogen) atoms. The van der Waals surface area contributed by atoms with Crippen molar-refractivity contribution in [3.8, 4) is 16.9 Å². The predicted octanol–water partition coefficient (Wildman–Crippen LogP) is 6.42. The zero-order valence-electron chi connectivity index (χ0n) is 15.1. The second-order valence-electron chi connectivity index (χ2n) is 6.13. The van der Waals surface area contributed by atoms with Crippen LogP contribution in [-0.4, -0.2) is 22.2 Å². The maximum absolute atomic E-state index is 12.4. The van der Waals surface area contributed by atoms with Gasteiger partial charge in [0.1, 0.15) is 3.92 Å². The number of aromatic nitrogens is 2. The van der Waals surface area contributed by atoms with Crippen LogP contribution >= 0.6 is 57.4 Å². The summed E-state index contributed by atoms with van der Waals surface area (Å²) in [6, 6.07) is 12.7. The van der Waals surface area contributed by atoms with Gasteiger partial charge in [0.2, 0.25) is 5.91 Å². The van der Waals surface area contributed by atoms with E-state index < -0.39 is 3.92 Å². The third kappa shape index (κ3) is 4.32. The van der Waals surface area contributed by atoms with Gasteiger partial charge in [0.25, 0.3) is 0 Å². The lowest BCUT2D eigenvalue weighted by atomic mass is 10.1. The van der Waals surface area contributed by atoms with Gasteiger partial charge in [0.15, 0.2) is 0 Å². The van der Waals surface area contributed by atoms with E-state index in [0.29, 0.717) is 33.0 Å². The number of carbonyl (C=O) groups is 1. The average Bonchev–Trinajstić information content (AvgIpc) is 2.99. The van der Waals surface area contributed by atoms with Crippen LogP contribution in [0.15, 0.2) is 42.5 Å². The minimum Gasteiger partial charge on any atom is -0.355 e. The molecule has 2 aromatic carbocycles. The van der Waals surface area contributed by atoms with Crippen molar-refractivity contribution in [2.45, 2.75) is 17.8 Å². The summed E-state index contributed by atoms with van der Waals surface area (Å²) in [5.41, 5.74) is 4.04. The van der Waals surface area contributed by atoms with E-state index in [1.165, 1.54) is 0 Å². The molecule has 1 atom stereocenters. The van der Waals surface area contributed by atoms with Crippen molar-refractivity contribution in [2.75, 3.05) is 6.54 Å². The highest BCUT2D eigenvalue weighted by Gasteiger charge is 2.27. The lowest BCUT2D eigenvalue weighted by molar-refractivity contribution is -0.120. The van der Waals surface area contributed by atoms with E-state index in [9.17, 15) is 4.79 Å². The molecule has 1 heterocycles. The summed E-state index contributed by atoms with van der Waals surface area (Å²) in [4.78, 5) is 12.4. The third-order valence-electron chi connectivity index (χ3n) is 4.24. The van der Waals surface area contributed by atoms with Crippen LogP contribution in [0.1, 0.15) is 22.1 Å². The molecule has 0 spiro atoms. The molecule has 0 aliphatic carbocycles. The molecule has 1 aromatic heterocycles. The minimum absolute atomic E-state index is 0.0827. The number of benzene rings is 2. The first-order valence-electron chi connectivity index (χ1n) is 8.56. The molecule has 4 nitrogen and oxygen atoms in total. The van der Waals surface area contributed by atoms with Gasteiger partial charge in [0, 0.05) is 27.7 Å². The van der Waals surface area contributed by atoms with Gasteiger partial charge in [-0.2, -0.15) is 5.10 Å². The Kier molecular flexibility index (Phi) is 6.91. The number of alkyl halides is 1. The van der Waals surface area contributed by atoms with Crippen LogP contribution in [0.25, 0.3) is 16.9 Å². The van der Waals surface area contributed by atoms with Crippen molar-refractivity contribution in [3.05, 3.63) is 68.8 Å². The normalized spacial score (nSPS) is 12.1. The second-order valence-corrected chi connectivity index (χ2v) is 8.66. The SMILES string of the molecule is CCNC(=O)C(I)c1nn(-c2ccc(Cl)cc2Cl)c(-c2ccc(Cl)cc2)c1C. The molecule has 1 N–H and O–H groups in total. The molecule has 0 saturated carbocycles. The van der Waals surface area contributed by atoms with Crippen LogP contribution in [0.5, 0.6) is 0 Å². The zero-order chi connectivity index (χ0) is 20.4. The summed E-state index contributed by atoms with van der Waals surface area (Å²) in [6.45, 7) is 4.40. The zero-order valence-corrected chi connectivity index (χ0v) is 19.6. The van der Waals surface area contributed by atoms with Gasteiger partial charge in [0.05, 0.1) is 22.1 Å². The Bertz CT molecular complexity index is 1020. The second kappa shape index (κ2) is 9.03. The van der Waals surface area contributed by atoms with Gasteiger partial charge in [-0.1, -0.05) is 69.5 Å². The molecule has 3 aromatic rings. The maximum Gasteiger partial charge on any atom is 0.239 e. The Morgan fingerprint density at radius 2 is 1.79 bits per heavy atom. The number of nitrogens with zero attached hydrogens (tertiary/aromatic N) is 2. The molecule has 1 unspecified atom stereocenters. The number of likely N-dealkylation sites (N-methyl/N-ethyl adjacent to an activating group) is 1. The fraction of sp³-hybridized carbons (Fsp3) is 0.200. The van der Waals surface area contributed by atoms with E-state index in [4.69, 9.17) is 39.9 Å². The summed E-state index contributed by atoms with van der Waals surface area (Å²) >= 11 is 20.7. The number of hydrogen-bond donors (Lipinski definition) is 1. The van der Waals surface area contributed by atoms with Crippen LogP contribution in [-0.2, 0) is 4.79 Å². The first-order chi connectivity index (χ1) is 13.3. The molecule has 8 heteroatoms. The van der Waals surface area contributed by atoms with Crippen LogP contribution < -0.4 is 5.32 Å². The lowest BCUT2D eigenvalue weighted by Gasteiger charge is -2.11. The summed E-state index contributed by atoms with van der Waals surface area (Å²) < 4.78 is 1.33. The molecule has 1 amide bonds. The van der Waals surface area contributed by atoms with E-state index in [-0.39, 0.29) is 5.91 Å². The van der Waals surface area contributed by atoms with E-state index in [2.05, 4.69) is 27.9 Å². The topological polar surface area (TPSA) is 46.9 Å². The fourth-order valence-corrected chi connectivity index (χ4v) is 4.34. The largest absolute Gasteiger partial charge is 0.355 e. The highest BCUT2D eigenvalue weighted by Crippen LogP contribution is 2.36. The third-order valence-corrected chi connectivity index (χ3v) is 6.18.